The molecule has 25 heavy (non-hydrogen) atoms. The van der Waals surface area contributed by atoms with Crippen LogP contribution in [0, 0.1) is 5.82 Å². The van der Waals surface area contributed by atoms with Gasteiger partial charge >= 0.3 is 6.09 Å². The summed E-state index contributed by atoms with van der Waals surface area (Å²) in [6.45, 7) is 9.33. The third kappa shape index (κ3) is 5.49. The molecule has 0 bridgehead atoms. The van der Waals surface area contributed by atoms with Gasteiger partial charge in [0.05, 0.1) is 24.2 Å². The topological polar surface area (TPSA) is 52.8 Å². The minimum Gasteiger partial charge on any atom is -0.406 e. The molecule has 0 radical (unpaired) electrons. The second-order valence-corrected chi connectivity index (χ2v) is 7.70. The lowest BCUT2D eigenvalue weighted by atomic mass is 10.1. The SMILES string of the molecule is CC1=[N+](C(=O)OC(C)(C)C)CCN(C[C@@H](O)c2ccc(Cl)c(F)c2)C1. The molecular weight excluding hydrogens is 347 g/mol. The van der Waals surface area contributed by atoms with Gasteiger partial charge in [0.25, 0.3) is 0 Å². The Labute approximate surface area is 152 Å². The largest absolute Gasteiger partial charge is 0.596 e. The van der Waals surface area contributed by atoms with Crippen LogP contribution in [0.1, 0.15) is 39.4 Å². The highest BCUT2D eigenvalue weighted by molar-refractivity contribution is 6.30. The normalized spacial score (nSPS) is 17.6. The molecule has 0 saturated heterocycles. The summed E-state index contributed by atoms with van der Waals surface area (Å²) >= 11 is 5.67. The molecule has 1 amide bonds. The van der Waals surface area contributed by atoms with Crippen LogP contribution in [-0.4, -0.2) is 58.2 Å². The molecule has 1 aliphatic rings. The van der Waals surface area contributed by atoms with Crippen molar-refractivity contribution in [3.63, 3.8) is 0 Å². The number of ether oxygens (including phenoxy) is 1. The van der Waals surface area contributed by atoms with E-state index < -0.39 is 17.5 Å². The number of carbonyl (C=O) groups excluding carboxylic acids is 1. The number of hydrogen-bond donors (Lipinski definition) is 1. The van der Waals surface area contributed by atoms with E-state index in [1.807, 2.05) is 32.6 Å². The molecule has 138 valence electrons. The van der Waals surface area contributed by atoms with E-state index >= 15 is 0 Å². The van der Waals surface area contributed by atoms with E-state index in [1.165, 1.54) is 12.1 Å². The summed E-state index contributed by atoms with van der Waals surface area (Å²) in [7, 11) is 0. The average Bonchev–Trinajstić information content (AvgIpc) is 2.48. The van der Waals surface area contributed by atoms with E-state index in [-0.39, 0.29) is 11.1 Å². The van der Waals surface area contributed by atoms with E-state index in [0.717, 1.165) is 5.71 Å². The lowest BCUT2D eigenvalue weighted by Crippen LogP contribution is -2.48. The fourth-order valence-corrected chi connectivity index (χ4v) is 2.83. The zero-order valence-corrected chi connectivity index (χ0v) is 15.8. The van der Waals surface area contributed by atoms with Gasteiger partial charge in [-0.15, -0.1) is 4.58 Å². The molecule has 0 aliphatic carbocycles. The minimum atomic E-state index is -0.826. The van der Waals surface area contributed by atoms with E-state index in [2.05, 4.69) is 0 Å². The number of aliphatic hydroxyl groups excluding tert-OH is 1. The first-order chi connectivity index (χ1) is 11.6. The van der Waals surface area contributed by atoms with Crippen molar-refractivity contribution in [1.29, 1.82) is 0 Å². The zero-order valence-electron chi connectivity index (χ0n) is 15.1. The molecule has 1 aromatic carbocycles. The van der Waals surface area contributed by atoms with Crippen LogP contribution in [0.15, 0.2) is 18.2 Å². The van der Waals surface area contributed by atoms with Crippen molar-refractivity contribution < 1.29 is 23.6 Å². The first-order valence-electron chi connectivity index (χ1n) is 8.25. The molecular formula is C18H25ClFN2O3+. The number of hydrogen-bond acceptors (Lipinski definition) is 4. The molecule has 0 spiro atoms. The number of benzene rings is 1. The predicted molar refractivity (Wildman–Crippen MR) is 94.9 cm³/mol. The molecule has 0 aromatic heterocycles. The Morgan fingerprint density at radius 1 is 1.48 bits per heavy atom. The molecule has 1 aromatic rings. The Morgan fingerprint density at radius 3 is 2.72 bits per heavy atom. The summed E-state index contributed by atoms with van der Waals surface area (Å²) in [5.74, 6) is -0.546. The third-order valence-corrected chi connectivity index (χ3v) is 4.23. The van der Waals surface area contributed by atoms with Crippen LogP contribution in [-0.2, 0) is 4.74 Å². The van der Waals surface area contributed by atoms with Crippen LogP contribution >= 0.6 is 11.6 Å². The summed E-state index contributed by atoms with van der Waals surface area (Å²) in [6.07, 6.45) is -1.18. The molecule has 0 fully saturated rings. The second kappa shape index (κ2) is 7.81. The van der Waals surface area contributed by atoms with E-state index in [4.69, 9.17) is 16.3 Å². The molecule has 2 rings (SSSR count). The summed E-state index contributed by atoms with van der Waals surface area (Å²) < 4.78 is 20.6. The van der Waals surface area contributed by atoms with Crippen molar-refractivity contribution in [2.45, 2.75) is 39.4 Å². The van der Waals surface area contributed by atoms with Gasteiger partial charge in [-0.05, 0) is 38.5 Å². The van der Waals surface area contributed by atoms with Gasteiger partial charge in [-0.2, -0.15) is 4.79 Å². The van der Waals surface area contributed by atoms with Gasteiger partial charge in [-0.25, -0.2) is 4.39 Å². The quantitative estimate of drug-likeness (QED) is 0.829. The zero-order chi connectivity index (χ0) is 18.8. The summed E-state index contributed by atoms with van der Waals surface area (Å²) in [5, 5.41) is 10.4. The smallest absolute Gasteiger partial charge is 0.406 e. The standard InChI is InChI=1S/C18H25ClFN2O3/c1-12-10-21(7-8-22(12)17(24)25-18(2,3)4)11-16(23)13-5-6-14(19)15(20)9-13/h5-6,9,16,23H,7-8,10-11H2,1-4H3/q+1/t16-/m1/s1. The van der Waals surface area contributed by atoms with Crippen LogP contribution in [0.4, 0.5) is 9.18 Å². The number of carbonyl (C=O) groups is 1. The van der Waals surface area contributed by atoms with Crippen LogP contribution in [0.3, 0.4) is 0 Å². The van der Waals surface area contributed by atoms with Crippen molar-refractivity contribution in [3.8, 4) is 0 Å². The maximum atomic E-state index is 13.5. The predicted octanol–water partition coefficient (Wildman–Crippen LogP) is 3.24. The van der Waals surface area contributed by atoms with Crippen LogP contribution in [0.2, 0.25) is 5.02 Å². The van der Waals surface area contributed by atoms with Crippen molar-refractivity contribution in [2.24, 2.45) is 0 Å². The fourth-order valence-electron chi connectivity index (χ4n) is 2.71. The Morgan fingerprint density at radius 2 is 2.16 bits per heavy atom. The Bertz CT molecular complexity index is 685. The lowest BCUT2D eigenvalue weighted by molar-refractivity contribution is -0.458. The third-order valence-electron chi connectivity index (χ3n) is 3.93. The average molecular weight is 372 g/mol. The first kappa shape index (κ1) is 19.8. The molecule has 0 saturated carbocycles. The number of halogens is 2. The van der Waals surface area contributed by atoms with Crippen molar-refractivity contribution in [2.75, 3.05) is 26.2 Å². The van der Waals surface area contributed by atoms with E-state index in [0.29, 0.717) is 31.7 Å². The first-order valence-corrected chi connectivity index (χ1v) is 8.63. The van der Waals surface area contributed by atoms with Gasteiger partial charge in [0.15, 0.2) is 12.3 Å². The molecule has 1 N–H and O–H groups in total. The van der Waals surface area contributed by atoms with Gasteiger partial charge < -0.3 is 9.84 Å². The Balaban J connectivity index is 2.00. The van der Waals surface area contributed by atoms with Gasteiger partial charge in [0, 0.05) is 13.5 Å². The maximum Gasteiger partial charge on any atom is 0.596 e. The highest BCUT2D eigenvalue weighted by Crippen LogP contribution is 2.21. The second-order valence-electron chi connectivity index (χ2n) is 7.29. The van der Waals surface area contributed by atoms with Crippen LogP contribution < -0.4 is 0 Å². The van der Waals surface area contributed by atoms with Gasteiger partial charge in [-0.3, -0.25) is 4.90 Å². The number of rotatable bonds is 3. The van der Waals surface area contributed by atoms with Gasteiger partial charge in [0.1, 0.15) is 11.4 Å². The fraction of sp³-hybridized carbons (Fsp3) is 0.556. The number of β-amino-alcohol motifs (C(OH)–C–C–N with tert-alkyl or cyclic N) is 1. The highest BCUT2D eigenvalue weighted by Gasteiger charge is 2.33. The number of amides is 1. The van der Waals surface area contributed by atoms with E-state index in [9.17, 15) is 14.3 Å². The molecule has 7 heteroatoms. The summed E-state index contributed by atoms with van der Waals surface area (Å²) in [6, 6.07) is 4.30. The lowest BCUT2D eigenvalue weighted by Gasteiger charge is -2.27. The summed E-state index contributed by atoms with van der Waals surface area (Å²) in [4.78, 5) is 14.2. The maximum absolute atomic E-state index is 13.5. The number of aliphatic hydroxyl groups is 1. The van der Waals surface area contributed by atoms with Crippen LogP contribution in [0.5, 0.6) is 0 Å². The van der Waals surface area contributed by atoms with Gasteiger partial charge in [-0.1, -0.05) is 17.7 Å². The minimum absolute atomic E-state index is 0.0334. The molecule has 5 nitrogen and oxygen atoms in total. The molecule has 1 atom stereocenters. The Hall–Kier alpha value is -1.50. The highest BCUT2D eigenvalue weighted by atomic mass is 35.5. The van der Waals surface area contributed by atoms with Crippen molar-refractivity contribution in [3.05, 3.63) is 34.6 Å². The van der Waals surface area contributed by atoms with E-state index in [1.54, 1.807) is 10.6 Å². The summed E-state index contributed by atoms with van der Waals surface area (Å²) in [5.41, 5.74) is 0.799. The molecule has 1 heterocycles. The van der Waals surface area contributed by atoms with Gasteiger partial charge in [0.2, 0.25) is 0 Å². The molecule has 0 unspecified atom stereocenters. The van der Waals surface area contributed by atoms with Crippen LogP contribution in [0.25, 0.3) is 0 Å². The monoisotopic (exact) mass is 371 g/mol. The number of nitrogens with zero attached hydrogens (tertiary/aromatic N) is 2. The van der Waals surface area contributed by atoms with Crippen molar-refractivity contribution in [1.82, 2.24) is 4.90 Å². The Kier molecular flexibility index (Phi) is 6.19. The molecule has 1 aliphatic heterocycles. The van der Waals surface area contributed by atoms with Crippen molar-refractivity contribution >= 4 is 23.4 Å².